The zero-order chi connectivity index (χ0) is 12.1. The molecule has 0 N–H and O–H groups in total. The molecule has 1 fully saturated rings. The summed E-state index contributed by atoms with van der Waals surface area (Å²) in [5.41, 5.74) is 2.08. The van der Waals surface area contributed by atoms with Gasteiger partial charge in [-0.2, -0.15) is 0 Å². The van der Waals surface area contributed by atoms with Gasteiger partial charge in [-0.1, -0.05) is 56.2 Å². The smallest absolute Gasteiger partial charge is 0.126 e. The summed E-state index contributed by atoms with van der Waals surface area (Å²) in [6.45, 7) is 2.04. The van der Waals surface area contributed by atoms with Crippen molar-refractivity contribution in [3.8, 4) is 0 Å². The highest BCUT2D eigenvalue weighted by Gasteiger charge is 2.13. The van der Waals surface area contributed by atoms with Crippen molar-refractivity contribution in [3.63, 3.8) is 0 Å². The van der Waals surface area contributed by atoms with Gasteiger partial charge >= 0.3 is 0 Å². The second kappa shape index (κ2) is 6.18. The van der Waals surface area contributed by atoms with Crippen LogP contribution in [0.1, 0.15) is 56.1 Å². The molecular formula is C16H23F. The third-order valence-electron chi connectivity index (χ3n) is 4.00. The Morgan fingerprint density at radius 1 is 1.12 bits per heavy atom. The van der Waals surface area contributed by atoms with Crippen LogP contribution in [0.2, 0.25) is 0 Å². The van der Waals surface area contributed by atoms with Crippen LogP contribution in [0.5, 0.6) is 0 Å². The first-order valence-electron chi connectivity index (χ1n) is 7.01. The van der Waals surface area contributed by atoms with Gasteiger partial charge in [0.25, 0.3) is 0 Å². The van der Waals surface area contributed by atoms with Crippen LogP contribution in [0.4, 0.5) is 4.39 Å². The van der Waals surface area contributed by atoms with E-state index in [-0.39, 0.29) is 5.82 Å². The highest BCUT2D eigenvalue weighted by molar-refractivity contribution is 5.24. The number of halogens is 1. The van der Waals surface area contributed by atoms with Crippen LogP contribution in [-0.4, -0.2) is 0 Å². The Morgan fingerprint density at radius 3 is 2.53 bits per heavy atom. The zero-order valence-electron chi connectivity index (χ0n) is 10.8. The third-order valence-corrected chi connectivity index (χ3v) is 4.00. The molecule has 0 saturated heterocycles. The van der Waals surface area contributed by atoms with Crippen LogP contribution in [0, 0.1) is 18.7 Å². The van der Waals surface area contributed by atoms with Gasteiger partial charge in [0, 0.05) is 0 Å². The van der Waals surface area contributed by atoms with Crippen molar-refractivity contribution in [2.75, 3.05) is 0 Å². The van der Waals surface area contributed by atoms with Crippen molar-refractivity contribution in [2.24, 2.45) is 5.92 Å². The molecule has 94 valence electrons. The van der Waals surface area contributed by atoms with Crippen molar-refractivity contribution in [1.82, 2.24) is 0 Å². The Balaban J connectivity index is 1.89. The lowest BCUT2D eigenvalue weighted by molar-refractivity contribution is 0.425. The molecule has 0 bridgehead atoms. The SMILES string of the molecule is Cc1ccc(F)c(CCC2CCCCCC2)c1. The fourth-order valence-corrected chi connectivity index (χ4v) is 2.91. The zero-order valence-corrected chi connectivity index (χ0v) is 10.8. The van der Waals surface area contributed by atoms with Crippen molar-refractivity contribution in [1.29, 1.82) is 0 Å². The average Bonchev–Trinajstić information content (AvgIpc) is 2.59. The fourth-order valence-electron chi connectivity index (χ4n) is 2.91. The van der Waals surface area contributed by atoms with Crippen molar-refractivity contribution < 1.29 is 4.39 Å². The Hall–Kier alpha value is -0.850. The molecule has 1 saturated carbocycles. The number of aryl methyl sites for hydroxylation is 2. The van der Waals surface area contributed by atoms with Gasteiger partial charge in [0.1, 0.15) is 5.82 Å². The second-order valence-corrected chi connectivity index (χ2v) is 5.49. The molecule has 0 nitrogen and oxygen atoms in total. The third kappa shape index (κ3) is 3.83. The Morgan fingerprint density at radius 2 is 1.82 bits per heavy atom. The molecule has 0 heterocycles. The van der Waals surface area contributed by atoms with Gasteiger partial charge in [-0.05, 0) is 37.3 Å². The van der Waals surface area contributed by atoms with Crippen LogP contribution >= 0.6 is 0 Å². The Labute approximate surface area is 104 Å². The van der Waals surface area contributed by atoms with Crippen LogP contribution in [0.25, 0.3) is 0 Å². The topological polar surface area (TPSA) is 0 Å². The highest BCUT2D eigenvalue weighted by Crippen LogP contribution is 2.27. The van der Waals surface area contributed by atoms with E-state index in [2.05, 4.69) is 0 Å². The lowest BCUT2D eigenvalue weighted by Gasteiger charge is -2.14. The summed E-state index contributed by atoms with van der Waals surface area (Å²) in [7, 11) is 0. The predicted octanol–water partition coefficient (Wildman–Crippen LogP) is 5.04. The minimum Gasteiger partial charge on any atom is -0.207 e. The van der Waals surface area contributed by atoms with E-state index in [4.69, 9.17) is 0 Å². The number of rotatable bonds is 3. The minimum atomic E-state index is -0.0239. The van der Waals surface area contributed by atoms with Crippen LogP contribution < -0.4 is 0 Å². The van der Waals surface area contributed by atoms with Crippen LogP contribution in [-0.2, 0) is 6.42 Å². The molecule has 0 amide bonds. The van der Waals surface area contributed by atoms with E-state index in [0.717, 1.165) is 17.9 Å². The standard InChI is InChI=1S/C16H23F/c1-13-8-11-16(17)15(12-13)10-9-14-6-4-2-3-5-7-14/h8,11-12,14H,2-7,9-10H2,1H3. The summed E-state index contributed by atoms with van der Waals surface area (Å²) in [6.07, 6.45) is 10.3. The number of hydrogen-bond donors (Lipinski definition) is 0. The van der Waals surface area contributed by atoms with Gasteiger partial charge < -0.3 is 0 Å². The summed E-state index contributed by atoms with van der Waals surface area (Å²) < 4.78 is 13.6. The largest absolute Gasteiger partial charge is 0.207 e. The van der Waals surface area contributed by atoms with Crippen LogP contribution in [0.3, 0.4) is 0 Å². The van der Waals surface area contributed by atoms with E-state index >= 15 is 0 Å². The summed E-state index contributed by atoms with van der Waals surface area (Å²) in [6, 6.07) is 5.47. The Bertz CT molecular complexity index is 349. The molecule has 0 radical (unpaired) electrons. The molecule has 1 aliphatic rings. The van der Waals surface area contributed by atoms with Gasteiger partial charge in [0.2, 0.25) is 0 Å². The minimum absolute atomic E-state index is 0.0239. The first-order valence-corrected chi connectivity index (χ1v) is 7.01. The van der Waals surface area contributed by atoms with Crippen LogP contribution in [0.15, 0.2) is 18.2 Å². The molecule has 1 aromatic rings. The number of benzene rings is 1. The van der Waals surface area contributed by atoms with E-state index in [1.54, 1.807) is 6.07 Å². The van der Waals surface area contributed by atoms with E-state index in [9.17, 15) is 4.39 Å². The van der Waals surface area contributed by atoms with Crippen molar-refractivity contribution >= 4 is 0 Å². The summed E-state index contributed by atoms with van der Waals surface area (Å²) in [5, 5.41) is 0. The second-order valence-electron chi connectivity index (χ2n) is 5.49. The molecule has 1 aromatic carbocycles. The normalized spacial score (nSPS) is 18.0. The lowest BCUT2D eigenvalue weighted by Crippen LogP contribution is -2.02. The van der Waals surface area contributed by atoms with Gasteiger partial charge in [0.15, 0.2) is 0 Å². The maximum atomic E-state index is 13.6. The molecule has 0 atom stereocenters. The summed E-state index contributed by atoms with van der Waals surface area (Å²) >= 11 is 0. The van der Waals surface area contributed by atoms with Gasteiger partial charge in [0.05, 0.1) is 0 Å². The van der Waals surface area contributed by atoms with Gasteiger partial charge in [-0.25, -0.2) is 4.39 Å². The van der Waals surface area contributed by atoms with E-state index in [0.29, 0.717) is 0 Å². The maximum Gasteiger partial charge on any atom is 0.126 e. The fraction of sp³-hybridized carbons (Fsp3) is 0.625. The molecule has 1 heteroatoms. The average molecular weight is 234 g/mol. The molecule has 1 aliphatic carbocycles. The Kier molecular flexibility index (Phi) is 4.58. The van der Waals surface area contributed by atoms with E-state index in [1.165, 1.54) is 50.5 Å². The first-order chi connectivity index (χ1) is 8.25. The summed E-state index contributed by atoms with van der Waals surface area (Å²) in [4.78, 5) is 0. The molecule has 17 heavy (non-hydrogen) atoms. The lowest BCUT2D eigenvalue weighted by atomic mass is 9.92. The number of hydrogen-bond acceptors (Lipinski definition) is 0. The maximum absolute atomic E-state index is 13.6. The summed E-state index contributed by atoms with van der Waals surface area (Å²) in [5.74, 6) is 0.807. The van der Waals surface area contributed by atoms with Crippen molar-refractivity contribution in [2.45, 2.75) is 58.3 Å². The molecule has 0 spiro atoms. The molecule has 2 rings (SSSR count). The first kappa shape index (κ1) is 12.6. The van der Waals surface area contributed by atoms with Gasteiger partial charge in [-0.3, -0.25) is 0 Å². The predicted molar refractivity (Wildman–Crippen MR) is 70.7 cm³/mol. The van der Waals surface area contributed by atoms with E-state index in [1.807, 2.05) is 19.1 Å². The van der Waals surface area contributed by atoms with Crippen molar-refractivity contribution in [3.05, 3.63) is 35.1 Å². The molecule has 0 unspecified atom stereocenters. The van der Waals surface area contributed by atoms with E-state index < -0.39 is 0 Å². The molecule has 0 aromatic heterocycles. The highest BCUT2D eigenvalue weighted by atomic mass is 19.1. The monoisotopic (exact) mass is 234 g/mol. The quantitative estimate of drug-likeness (QED) is 0.643. The van der Waals surface area contributed by atoms with Gasteiger partial charge in [-0.15, -0.1) is 0 Å². The molecular weight excluding hydrogens is 211 g/mol. The molecule has 0 aliphatic heterocycles.